The Balaban J connectivity index is 2.06. The van der Waals surface area contributed by atoms with Crippen molar-refractivity contribution in [2.45, 2.75) is 19.4 Å². The van der Waals surface area contributed by atoms with Crippen molar-refractivity contribution in [3.8, 4) is 0 Å². The van der Waals surface area contributed by atoms with Gasteiger partial charge in [-0.3, -0.25) is 0 Å². The standard InChI is InChI=1S/C10H18N6/c1-7-12-9(5-10(13-7)15-11)14-8-3-4-16(2)6-8/h5,8H,3-4,6,11H2,1-2H3,(H2,12,13,14,15). The summed E-state index contributed by atoms with van der Waals surface area (Å²) in [6, 6.07) is 2.29. The van der Waals surface area contributed by atoms with Gasteiger partial charge in [0, 0.05) is 18.7 Å². The molecule has 2 heterocycles. The van der Waals surface area contributed by atoms with E-state index in [2.05, 4.69) is 32.7 Å². The summed E-state index contributed by atoms with van der Waals surface area (Å²) in [6.07, 6.45) is 1.14. The van der Waals surface area contributed by atoms with Crippen LogP contribution in [0.2, 0.25) is 0 Å². The molecule has 0 aromatic carbocycles. The monoisotopic (exact) mass is 222 g/mol. The minimum absolute atomic E-state index is 0.463. The van der Waals surface area contributed by atoms with E-state index in [0.717, 1.165) is 25.3 Å². The summed E-state index contributed by atoms with van der Waals surface area (Å²) in [6.45, 7) is 4.03. The lowest BCUT2D eigenvalue weighted by molar-refractivity contribution is 0.414. The lowest BCUT2D eigenvalue weighted by Gasteiger charge is -2.14. The molecular weight excluding hydrogens is 204 g/mol. The Hall–Kier alpha value is -1.40. The Morgan fingerprint density at radius 2 is 2.19 bits per heavy atom. The summed E-state index contributed by atoms with van der Waals surface area (Å²) in [7, 11) is 2.12. The molecule has 1 atom stereocenters. The van der Waals surface area contributed by atoms with Crippen LogP contribution in [0.1, 0.15) is 12.2 Å². The Kier molecular flexibility index (Phi) is 3.21. The largest absolute Gasteiger partial charge is 0.366 e. The van der Waals surface area contributed by atoms with Crippen LogP contribution in [0.25, 0.3) is 0 Å². The third-order valence-corrected chi connectivity index (χ3v) is 2.73. The average molecular weight is 222 g/mol. The number of anilines is 2. The van der Waals surface area contributed by atoms with Gasteiger partial charge >= 0.3 is 0 Å². The summed E-state index contributed by atoms with van der Waals surface area (Å²) < 4.78 is 0. The van der Waals surface area contributed by atoms with Gasteiger partial charge in [0.2, 0.25) is 0 Å². The van der Waals surface area contributed by atoms with Crippen LogP contribution in [-0.2, 0) is 0 Å². The number of likely N-dealkylation sites (tertiary alicyclic amines) is 1. The molecule has 1 unspecified atom stereocenters. The Bertz CT molecular complexity index is 366. The molecule has 6 nitrogen and oxygen atoms in total. The molecule has 0 saturated carbocycles. The molecule has 1 aromatic rings. The molecule has 4 N–H and O–H groups in total. The molecule has 0 spiro atoms. The molecule has 16 heavy (non-hydrogen) atoms. The zero-order valence-electron chi connectivity index (χ0n) is 9.70. The second-order valence-corrected chi connectivity index (χ2v) is 4.22. The number of nitrogens with zero attached hydrogens (tertiary/aromatic N) is 3. The molecule has 0 amide bonds. The smallest absolute Gasteiger partial charge is 0.145 e. The molecule has 0 radical (unpaired) electrons. The number of hydrazine groups is 1. The second-order valence-electron chi connectivity index (χ2n) is 4.22. The molecule has 88 valence electrons. The number of nitrogens with one attached hydrogen (secondary N) is 2. The number of likely N-dealkylation sites (N-methyl/N-ethyl adjacent to an activating group) is 1. The average Bonchev–Trinajstić information content (AvgIpc) is 2.63. The van der Waals surface area contributed by atoms with E-state index in [1.165, 1.54) is 0 Å². The maximum atomic E-state index is 5.34. The normalized spacial score (nSPS) is 21.1. The summed E-state index contributed by atoms with van der Waals surface area (Å²) in [5.41, 5.74) is 2.54. The summed E-state index contributed by atoms with van der Waals surface area (Å²) >= 11 is 0. The fraction of sp³-hybridized carbons (Fsp3) is 0.600. The highest BCUT2D eigenvalue weighted by Crippen LogP contribution is 2.15. The highest BCUT2D eigenvalue weighted by Gasteiger charge is 2.19. The van der Waals surface area contributed by atoms with Gasteiger partial charge in [-0.15, -0.1) is 0 Å². The van der Waals surface area contributed by atoms with Crippen LogP contribution in [0, 0.1) is 6.92 Å². The molecule has 1 saturated heterocycles. The van der Waals surface area contributed by atoms with Gasteiger partial charge in [-0.25, -0.2) is 15.8 Å². The van der Waals surface area contributed by atoms with Crippen molar-refractivity contribution < 1.29 is 0 Å². The third-order valence-electron chi connectivity index (χ3n) is 2.73. The SMILES string of the molecule is Cc1nc(NN)cc(NC2CCN(C)C2)n1. The fourth-order valence-electron chi connectivity index (χ4n) is 1.98. The lowest BCUT2D eigenvalue weighted by atomic mass is 10.2. The first-order chi connectivity index (χ1) is 7.67. The van der Waals surface area contributed by atoms with Gasteiger partial charge in [0.1, 0.15) is 17.5 Å². The highest BCUT2D eigenvalue weighted by atomic mass is 15.3. The minimum Gasteiger partial charge on any atom is -0.366 e. The zero-order valence-corrected chi connectivity index (χ0v) is 9.70. The van der Waals surface area contributed by atoms with Gasteiger partial charge in [-0.2, -0.15) is 0 Å². The van der Waals surface area contributed by atoms with E-state index in [4.69, 9.17) is 5.84 Å². The van der Waals surface area contributed by atoms with E-state index in [1.807, 2.05) is 13.0 Å². The number of nitrogens with two attached hydrogens (primary N) is 1. The number of rotatable bonds is 3. The van der Waals surface area contributed by atoms with Crippen molar-refractivity contribution in [3.05, 3.63) is 11.9 Å². The molecule has 1 aliphatic heterocycles. The summed E-state index contributed by atoms with van der Waals surface area (Å²) in [5, 5.41) is 3.40. The second kappa shape index (κ2) is 4.63. The van der Waals surface area contributed by atoms with Gasteiger partial charge in [-0.1, -0.05) is 0 Å². The highest BCUT2D eigenvalue weighted by molar-refractivity contribution is 5.47. The van der Waals surface area contributed by atoms with E-state index >= 15 is 0 Å². The fourth-order valence-corrected chi connectivity index (χ4v) is 1.98. The first-order valence-electron chi connectivity index (χ1n) is 5.45. The van der Waals surface area contributed by atoms with Crippen LogP contribution in [0.15, 0.2) is 6.07 Å². The Labute approximate surface area is 95.2 Å². The lowest BCUT2D eigenvalue weighted by Crippen LogP contribution is -2.24. The molecular formula is C10H18N6. The molecule has 1 aliphatic rings. The van der Waals surface area contributed by atoms with E-state index in [9.17, 15) is 0 Å². The third kappa shape index (κ3) is 2.59. The zero-order chi connectivity index (χ0) is 11.5. The summed E-state index contributed by atoms with van der Waals surface area (Å²) in [4.78, 5) is 10.8. The molecule has 1 fully saturated rings. The van der Waals surface area contributed by atoms with E-state index in [1.54, 1.807) is 0 Å². The number of hydrogen-bond acceptors (Lipinski definition) is 6. The van der Waals surface area contributed by atoms with Crippen molar-refractivity contribution in [1.29, 1.82) is 0 Å². The molecule has 6 heteroatoms. The van der Waals surface area contributed by atoms with E-state index in [0.29, 0.717) is 17.7 Å². The van der Waals surface area contributed by atoms with Crippen LogP contribution < -0.4 is 16.6 Å². The van der Waals surface area contributed by atoms with Gasteiger partial charge < -0.3 is 15.6 Å². The minimum atomic E-state index is 0.463. The van der Waals surface area contributed by atoms with Crippen LogP contribution in [0.5, 0.6) is 0 Å². The quantitative estimate of drug-likeness (QED) is 0.500. The topological polar surface area (TPSA) is 79.1 Å². The predicted octanol–water partition coefficient (Wildman–Crippen LogP) is 0.187. The first kappa shape index (κ1) is 11.1. The van der Waals surface area contributed by atoms with Crippen molar-refractivity contribution in [2.75, 3.05) is 30.9 Å². The number of hydrogen-bond donors (Lipinski definition) is 3. The maximum Gasteiger partial charge on any atom is 0.145 e. The molecule has 1 aromatic heterocycles. The molecule has 0 aliphatic carbocycles. The van der Waals surface area contributed by atoms with Crippen molar-refractivity contribution in [2.24, 2.45) is 5.84 Å². The van der Waals surface area contributed by atoms with Gasteiger partial charge in [0.15, 0.2) is 0 Å². The van der Waals surface area contributed by atoms with Crippen molar-refractivity contribution >= 4 is 11.6 Å². The number of nitrogen functional groups attached to an aromatic ring is 1. The first-order valence-corrected chi connectivity index (χ1v) is 5.45. The Morgan fingerprint density at radius 3 is 2.81 bits per heavy atom. The van der Waals surface area contributed by atoms with Gasteiger partial charge in [0.05, 0.1) is 0 Å². The van der Waals surface area contributed by atoms with Crippen LogP contribution in [0.3, 0.4) is 0 Å². The van der Waals surface area contributed by atoms with E-state index < -0.39 is 0 Å². The number of aryl methyl sites for hydroxylation is 1. The van der Waals surface area contributed by atoms with Crippen molar-refractivity contribution in [3.63, 3.8) is 0 Å². The van der Waals surface area contributed by atoms with Crippen LogP contribution >= 0.6 is 0 Å². The molecule has 0 bridgehead atoms. The Morgan fingerprint density at radius 1 is 1.44 bits per heavy atom. The van der Waals surface area contributed by atoms with Crippen LogP contribution in [-0.4, -0.2) is 41.0 Å². The van der Waals surface area contributed by atoms with Crippen molar-refractivity contribution in [1.82, 2.24) is 14.9 Å². The molecule has 2 rings (SSSR count). The predicted molar refractivity (Wildman–Crippen MR) is 64.1 cm³/mol. The van der Waals surface area contributed by atoms with Crippen LogP contribution in [0.4, 0.5) is 11.6 Å². The maximum absolute atomic E-state index is 5.34. The van der Waals surface area contributed by atoms with Gasteiger partial charge in [-0.05, 0) is 26.9 Å². The van der Waals surface area contributed by atoms with E-state index in [-0.39, 0.29) is 0 Å². The summed E-state index contributed by atoms with van der Waals surface area (Å²) in [5.74, 6) is 7.53. The van der Waals surface area contributed by atoms with Gasteiger partial charge in [0.25, 0.3) is 0 Å². The number of aromatic nitrogens is 2.